The fourth-order valence-electron chi connectivity index (χ4n) is 5.20. The smallest absolute Gasteiger partial charge is 0.418 e. The largest absolute Gasteiger partial charge is 0.493 e. The summed E-state index contributed by atoms with van der Waals surface area (Å²) in [7, 11) is 4.37. The second-order valence-electron chi connectivity index (χ2n) is 11.4. The highest BCUT2D eigenvalue weighted by Crippen LogP contribution is 2.41. The molecule has 1 unspecified atom stereocenters. The molecule has 54 heavy (non-hydrogen) atoms. The molecule has 0 spiro atoms. The van der Waals surface area contributed by atoms with Crippen molar-refractivity contribution in [2.75, 3.05) is 32.0 Å². The van der Waals surface area contributed by atoms with Crippen molar-refractivity contribution in [2.24, 2.45) is 0 Å². The Morgan fingerprint density at radius 1 is 0.759 bits per heavy atom. The lowest BCUT2D eigenvalue weighted by Gasteiger charge is -2.20. The van der Waals surface area contributed by atoms with E-state index in [0.717, 1.165) is 23.9 Å². The van der Waals surface area contributed by atoms with Crippen LogP contribution in [0.4, 0.5) is 24.5 Å². The number of benzene rings is 5. The summed E-state index contributed by atoms with van der Waals surface area (Å²) in [5.41, 5.74) is 0.0930. The Labute approximate surface area is 318 Å². The number of thioether (sulfide) groups is 1. The molecule has 1 atom stereocenters. The van der Waals surface area contributed by atoms with Gasteiger partial charge in [-0.1, -0.05) is 60.1 Å². The molecule has 0 bridgehead atoms. The van der Waals surface area contributed by atoms with E-state index in [9.17, 15) is 27.6 Å². The molecule has 0 aliphatic heterocycles. The van der Waals surface area contributed by atoms with Gasteiger partial charge >= 0.3 is 6.18 Å². The Balaban J connectivity index is 1.39. The minimum Gasteiger partial charge on any atom is -0.493 e. The van der Waals surface area contributed by atoms with Crippen LogP contribution in [0.1, 0.15) is 32.3 Å². The zero-order valence-electron chi connectivity index (χ0n) is 29.0. The third-order valence-corrected chi connectivity index (χ3v) is 9.28. The molecule has 9 nitrogen and oxygen atoms in total. The number of methoxy groups -OCH3 is 3. The van der Waals surface area contributed by atoms with Crippen LogP contribution in [0, 0.1) is 0 Å². The molecule has 0 fully saturated rings. The minimum atomic E-state index is -4.75. The average molecular weight is 776 g/mol. The van der Waals surface area contributed by atoms with Crippen molar-refractivity contribution in [2.45, 2.75) is 16.3 Å². The highest BCUT2D eigenvalue weighted by Gasteiger charge is 2.35. The van der Waals surface area contributed by atoms with Gasteiger partial charge in [-0.25, -0.2) is 0 Å². The van der Waals surface area contributed by atoms with Crippen molar-refractivity contribution in [3.05, 3.63) is 148 Å². The van der Waals surface area contributed by atoms with Gasteiger partial charge in [-0.15, -0.1) is 11.8 Å². The first-order chi connectivity index (χ1) is 25.9. The number of hydrogen-bond acceptors (Lipinski definition) is 7. The number of rotatable bonds is 13. The summed E-state index contributed by atoms with van der Waals surface area (Å²) in [5.74, 6) is -0.853. The van der Waals surface area contributed by atoms with Crippen LogP contribution >= 0.6 is 23.4 Å². The highest BCUT2D eigenvalue weighted by atomic mass is 35.5. The number of hydrogen-bond donors (Lipinski definition) is 3. The van der Waals surface area contributed by atoms with Crippen LogP contribution in [-0.4, -0.2) is 39.1 Å². The van der Waals surface area contributed by atoms with Crippen LogP contribution < -0.4 is 30.2 Å². The molecule has 3 N–H and O–H groups in total. The van der Waals surface area contributed by atoms with Gasteiger partial charge in [0.15, 0.2) is 11.5 Å². The molecule has 5 aromatic rings. The fraction of sp³-hybridized carbons (Fsp3) is 0.125. The number of amides is 3. The summed E-state index contributed by atoms with van der Waals surface area (Å²) in [6.07, 6.45) is -3.30. The van der Waals surface area contributed by atoms with Crippen molar-refractivity contribution in [1.82, 2.24) is 5.32 Å². The zero-order chi connectivity index (χ0) is 38.8. The van der Waals surface area contributed by atoms with Gasteiger partial charge in [0, 0.05) is 21.2 Å². The van der Waals surface area contributed by atoms with Crippen LogP contribution in [0.25, 0.3) is 6.08 Å². The maximum Gasteiger partial charge on any atom is 0.418 e. The number of halogens is 4. The van der Waals surface area contributed by atoms with Crippen LogP contribution in [0.5, 0.6) is 17.2 Å². The number of nitrogens with one attached hydrogen (secondary N) is 3. The molecule has 0 saturated heterocycles. The van der Waals surface area contributed by atoms with Crippen LogP contribution in [0.3, 0.4) is 0 Å². The van der Waals surface area contributed by atoms with Crippen molar-refractivity contribution in [1.29, 1.82) is 0 Å². The van der Waals surface area contributed by atoms with E-state index in [0.29, 0.717) is 44.5 Å². The molecule has 0 heterocycles. The van der Waals surface area contributed by atoms with E-state index < -0.39 is 40.4 Å². The Bertz CT molecular complexity index is 2130. The molecule has 0 radical (unpaired) electrons. The first-order valence-corrected chi connectivity index (χ1v) is 17.3. The first kappa shape index (κ1) is 39.3. The minimum absolute atomic E-state index is 0.0992. The van der Waals surface area contributed by atoms with Gasteiger partial charge in [-0.05, 0) is 83.9 Å². The first-order valence-electron chi connectivity index (χ1n) is 16.1. The Morgan fingerprint density at radius 2 is 1.37 bits per heavy atom. The van der Waals surface area contributed by atoms with Crippen LogP contribution in [-0.2, 0) is 15.8 Å². The van der Waals surface area contributed by atoms with E-state index in [1.54, 1.807) is 97.1 Å². The van der Waals surface area contributed by atoms with Crippen molar-refractivity contribution >= 4 is 58.5 Å². The lowest BCUT2D eigenvalue weighted by Crippen LogP contribution is -2.30. The maximum atomic E-state index is 13.8. The summed E-state index contributed by atoms with van der Waals surface area (Å²) in [6.45, 7) is 0. The number of carbonyl (C=O) groups excluding carboxylic acids is 3. The second kappa shape index (κ2) is 17.7. The predicted octanol–water partition coefficient (Wildman–Crippen LogP) is 9.27. The standard InChI is InChI=1S/C40H33ClF3N3O6S/c1-51-33-21-24(22-34(52-2)35(33)53-3)20-32(47-37(48)26-12-8-5-9-13-26)38(49)45-28-15-17-29(18-16-28)54-36(25-10-6-4-7-11-25)39(50)46-31-19-14-27(41)23-30(31)40(42,43)44/h4-23,36H,1-3H3,(H,45,49)(H,46,50)(H,47,48)/b32-20-. The Kier molecular flexibility index (Phi) is 12.9. The third-order valence-electron chi connectivity index (χ3n) is 7.78. The van der Waals surface area contributed by atoms with E-state index in [1.165, 1.54) is 33.5 Å². The molecule has 5 aromatic carbocycles. The molecule has 278 valence electrons. The summed E-state index contributed by atoms with van der Waals surface area (Å²) in [6, 6.07) is 29.8. The molecular formula is C40H33ClF3N3O6S. The summed E-state index contributed by atoms with van der Waals surface area (Å²) in [5, 5.41) is 6.80. The lowest BCUT2D eigenvalue weighted by atomic mass is 10.1. The number of alkyl halides is 3. The van der Waals surface area contributed by atoms with Gasteiger partial charge in [0.2, 0.25) is 11.7 Å². The zero-order valence-corrected chi connectivity index (χ0v) is 30.6. The van der Waals surface area contributed by atoms with E-state index in [1.807, 2.05) is 0 Å². The molecule has 0 aliphatic carbocycles. The second-order valence-corrected chi connectivity index (χ2v) is 13.0. The summed E-state index contributed by atoms with van der Waals surface area (Å²) in [4.78, 5) is 41.0. The molecule has 5 rings (SSSR count). The van der Waals surface area contributed by atoms with Gasteiger partial charge in [0.05, 0.1) is 32.6 Å². The van der Waals surface area contributed by atoms with Gasteiger partial charge < -0.3 is 30.2 Å². The summed E-state index contributed by atoms with van der Waals surface area (Å²) >= 11 is 6.93. The maximum absolute atomic E-state index is 13.8. The summed E-state index contributed by atoms with van der Waals surface area (Å²) < 4.78 is 57.6. The van der Waals surface area contributed by atoms with Gasteiger partial charge in [-0.2, -0.15) is 13.2 Å². The van der Waals surface area contributed by atoms with Crippen molar-refractivity contribution in [3.63, 3.8) is 0 Å². The molecule has 3 amide bonds. The van der Waals surface area contributed by atoms with E-state index in [4.69, 9.17) is 25.8 Å². The van der Waals surface area contributed by atoms with Gasteiger partial charge in [-0.3, -0.25) is 14.4 Å². The van der Waals surface area contributed by atoms with E-state index in [-0.39, 0.29) is 10.7 Å². The SMILES string of the molecule is COc1cc(/C=C(\NC(=O)c2ccccc2)C(=O)Nc2ccc(SC(C(=O)Nc3ccc(Cl)cc3C(F)(F)F)c3ccccc3)cc2)cc(OC)c1OC. The van der Waals surface area contributed by atoms with Crippen LogP contribution in [0.15, 0.2) is 126 Å². The van der Waals surface area contributed by atoms with Crippen LogP contribution in [0.2, 0.25) is 5.02 Å². The predicted molar refractivity (Wildman–Crippen MR) is 203 cm³/mol. The monoisotopic (exact) mass is 775 g/mol. The van der Waals surface area contributed by atoms with E-state index in [2.05, 4.69) is 16.0 Å². The average Bonchev–Trinajstić information content (AvgIpc) is 3.17. The number of carbonyl (C=O) groups is 3. The third kappa shape index (κ3) is 9.94. The topological polar surface area (TPSA) is 115 Å². The Morgan fingerprint density at radius 3 is 1.94 bits per heavy atom. The molecule has 0 saturated carbocycles. The fourth-order valence-corrected chi connectivity index (χ4v) is 6.40. The van der Waals surface area contributed by atoms with Gasteiger partial charge in [0.25, 0.3) is 11.8 Å². The Hall–Kier alpha value is -5.92. The molecule has 14 heteroatoms. The normalized spacial score (nSPS) is 11.9. The lowest BCUT2D eigenvalue weighted by molar-refractivity contribution is -0.137. The van der Waals surface area contributed by atoms with Gasteiger partial charge in [0.1, 0.15) is 10.9 Å². The number of anilines is 2. The highest BCUT2D eigenvalue weighted by molar-refractivity contribution is 8.00. The van der Waals surface area contributed by atoms with E-state index >= 15 is 0 Å². The molecule has 0 aromatic heterocycles. The number of ether oxygens (including phenoxy) is 3. The van der Waals surface area contributed by atoms with Crippen molar-refractivity contribution < 1.29 is 41.8 Å². The molecular weight excluding hydrogens is 743 g/mol. The molecule has 0 aliphatic rings. The quantitative estimate of drug-likeness (QED) is 0.0807. The van der Waals surface area contributed by atoms with Crippen molar-refractivity contribution in [3.8, 4) is 17.2 Å².